The zero-order chi connectivity index (χ0) is 32.7. The number of nitrogens with zero attached hydrogens (tertiary/aromatic N) is 5. The molecule has 12 nitrogen and oxygen atoms in total. The number of nitrogens with one attached hydrogen (secondary N) is 1. The molecule has 4 aliphatic rings. The maximum Gasteiger partial charge on any atom is 0.244 e. The molecule has 4 atom stereocenters. The molecule has 4 aliphatic heterocycles. The van der Waals surface area contributed by atoms with Crippen molar-refractivity contribution in [1.82, 2.24) is 25.0 Å². The van der Waals surface area contributed by atoms with Gasteiger partial charge in [-0.15, -0.1) is 0 Å². The molecule has 7 rings (SSSR count). The molecule has 0 radical (unpaired) electrons. The summed E-state index contributed by atoms with van der Waals surface area (Å²) in [4.78, 5) is 49.0. The average molecular weight is 643 g/mol. The molecule has 2 N–H and O–H groups in total. The Bertz CT molecular complexity index is 1680. The SMILES string of the molecule is COC[C@@H]1CN(Cc2ccc3nc(N4CCN(C(C)=O)CC4)ccc3c2)C[C@H]1Oc1ccc2c(c1)CN([C@H]1CCC(=O)NC1=O)C2O. The molecule has 0 bridgehead atoms. The summed E-state index contributed by atoms with van der Waals surface area (Å²) in [6, 6.07) is 15.8. The summed E-state index contributed by atoms with van der Waals surface area (Å²) in [6.07, 6.45) is -0.315. The number of hydrogen-bond acceptors (Lipinski definition) is 10. The Balaban J connectivity index is 0.990. The highest BCUT2D eigenvalue weighted by atomic mass is 16.5. The second-order valence-corrected chi connectivity index (χ2v) is 13.1. The number of likely N-dealkylation sites (tertiary alicyclic amines) is 1. The number of anilines is 1. The van der Waals surface area contributed by atoms with Crippen LogP contribution in [0.1, 0.15) is 42.7 Å². The van der Waals surface area contributed by atoms with E-state index in [1.807, 2.05) is 23.1 Å². The lowest BCUT2D eigenvalue weighted by Crippen LogP contribution is -2.51. The minimum absolute atomic E-state index is 0.0706. The van der Waals surface area contributed by atoms with Crippen LogP contribution in [0.15, 0.2) is 48.5 Å². The Kier molecular flexibility index (Phi) is 8.84. The van der Waals surface area contributed by atoms with Crippen molar-refractivity contribution in [3.8, 4) is 5.75 Å². The molecule has 0 saturated carbocycles. The molecular formula is C35H42N6O6. The second-order valence-electron chi connectivity index (χ2n) is 13.1. The molecule has 47 heavy (non-hydrogen) atoms. The number of carbonyl (C=O) groups excluding carboxylic acids is 3. The van der Waals surface area contributed by atoms with E-state index in [-0.39, 0.29) is 36.2 Å². The molecule has 1 aromatic heterocycles. The van der Waals surface area contributed by atoms with Crippen molar-refractivity contribution in [2.45, 2.75) is 51.2 Å². The predicted octanol–water partition coefficient (Wildman–Crippen LogP) is 2.04. The van der Waals surface area contributed by atoms with Gasteiger partial charge in [-0.3, -0.25) is 29.5 Å². The summed E-state index contributed by atoms with van der Waals surface area (Å²) >= 11 is 0. The van der Waals surface area contributed by atoms with Crippen molar-refractivity contribution < 1.29 is 29.0 Å². The highest BCUT2D eigenvalue weighted by Crippen LogP contribution is 2.37. The minimum Gasteiger partial charge on any atom is -0.489 e. The molecule has 3 aromatic rings. The van der Waals surface area contributed by atoms with E-state index in [0.29, 0.717) is 19.6 Å². The molecule has 12 heteroatoms. The van der Waals surface area contributed by atoms with Gasteiger partial charge in [0.2, 0.25) is 17.7 Å². The number of piperazine rings is 1. The number of rotatable bonds is 8. The molecule has 0 spiro atoms. The quantitative estimate of drug-likeness (QED) is 0.353. The van der Waals surface area contributed by atoms with Gasteiger partial charge in [0.15, 0.2) is 0 Å². The van der Waals surface area contributed by atoms with Gasteiger partial charge in [-0.05, 0) is 53.9 Å². The zero-order valence-electron chi connectivity index (χ0n) is 26.9. The zero-order valence-corrected chi connectivity index (χ0v) is 26.9. The molecule has 3 saturated heterocycles. The van der Waals surface area contributed by atoms with Crippen LogP contribution in [0.2, 0.25) is 0 Å². The molecular weight excluding hydrogens is 600 g/mol. The first kappa shape index (κ1) is 31.5. The third kappa shape index (κ3) is 6.55. The van der Waals surface area contributed by atoms with Crippen LogP contribution in [0.25, 0.3) is 10.9 Å². The molecule has 3 fully saturated rings. The lowest BCUT2D eigenvalue weighted by atomic mass is 10.0. The van der Waals surface area contributed by atoms with Gasteiger partial charge in [-0.1, -0.05) is 12.1 Å². The van der Waals surface area contributed by atoms with Crippen molar-refractivity contribution in [1.29, 1.82) is 0 Å². The number of ether oxygens (including phenoxy) is 2. The van der Waals surface area contributed by atoms with Crippen LogP contribution in [0.3, 0.4) is 0 Å². The largest absolute Gasteiger partial charge is 0.489 e. The van der Waals surface area contributed by atoms with Crippen molar-refractivity contribution in [2.24, 2.45) is 5.92 Å². The summed E-state index contributed by atoms with van der Waals surface area (Å²) in [5.74, 6) is 1.36. The maximum atomic E-state index is 12.5. The number of fused-ring (bicyclic) bond motifs is 2. The number of carbonyl (C=O) groups is 3. The highest BCUT2D eigenvalue weighted by molar-refractivity contribution is 6.00. The second kappa shape index (κ2) is 13.2. The van der Waals surface area contributed by atoms with Crippen LogP contribution >= 0.6 is 0 Å². The number of piperidine rings is 1. The topological polar surface area (TPSA) is 128 Å². The van der Waals surface area contributed by atoms with Crippen molar-refractivity contribution in [3.05, 3.63) is 65.2 Å². The third-order valence-corrected chi connectivity index (χ3v) is 9.99. The number of hydrogen-bond donors (Lipinski definition) is 2. The molecule has 1 unspecified atom stereocenters. The van der Waals surface area contributed by atoms with Gasteiger partial charge in [0.05, 0.1) is 18.2 Å². The van der Waals surface area contributed by atoms with E-state index in [1.165, 1.54) is 5.56 Å². The maximum absolute atomic E-state index is 12.5. The number of aromatic nitrogens is 1. The van der Waals surface area contributed by atoms with E-state index in [0.717, 1.165) is 79.4 Å². The van der Waals surface area contributed by atoms with Gasteiger partial charge < -0.3 is 24.4 Å². The normalized spacial score (nSPS) is 25.3. The Morgan fingerprint density at radius 1 is 1.04 bits per heavy atom. The lowest BCUT2D eigenvalue weighted by molar-refractivity contribution is -0.141. The summed E-state index contributed by atoms with van der Waals surface area (Å²) in [6.45, 7) is 7.99. The van der Waals surface area contributed by atoms with E-state index in [1.54, 1.807) is 18.9 Å². The standard InChI is InChI=1S/C35H42N6O6/c1-22(42)39-11-13-40(14-12-39)32-9-4-24-15-23(3-7-29(24)36-32)17-38-18-26(21-46-2)31(20-38)47-27-5-6-28-25(16-27)19-41(35(28)45)30-8-10-33(43)37-34(30)44/h3-7,9,15-16,26,30-31,35,45H,8,10-14,17-21H2,1-2H3,(H,37,43,44)/t26-,30-,31+,35?/m0/s1. The molecule has 2 aromatic carbocycles. The van der Waals surface area contributed by atoms with E-state index >= 15 is 0 Å². The Labute approximate surface area is 274 Å². The lowest BCUT2D eigenvalue weighted by Gasteiger charge is -2.35. The smallest absolute Gasteiger partial charge is 0.244 e. The Morgan fingerprint density at radius 3 is 2.64 bits per heavy atom. The predicted molar refractivity (Wildman–Crippen MR) is 174 cm³/mol. The van der Waals surface area contributed by atoms with E-state index < -0.39 is 12.3 Å². The van der Waals surface area contributed by atoms with Crippen LogP contribution in [-0.2, 0) is 32.2 Å². The molecule has 3 amide bonds. The van der Waals surface area contributed by atoms with Crippen LogP contribution in [0, 0.1) is 5.92 Å². The number of aliphatic hydroxyl groups excluding tert-OH is 1. The number of pyridine rings is 1. The first-order valence-corrected chi connectivity index (χ1v) is 16.4. The fraction of sp³-hybridized carbons (Fsp3) is 0.486. The third-order valence-electron chi connectivity index (χ3n) is 9.99. The summed E-state index contributed by atoms with van der Waals surface area (Å²) in [5, 5.41) is 14.5. The van der Waals surface area contributed by atoms with Gasteiger partial charge >= 0.3 is 0 Å². The van der Waals surface area contributed by atoms with Crippen molar-refractivity contribution in [2.75, 3.05) is 57.9 Å². The van der Waals surface area contributed by atoms with Gasteiger partial charge in [0.1, 0.15) is 23.9 Å². The number of aliphatic hydroxyl groups is 1. The van der Waals surface area contributed by atoms with E-state index in [2.05, 4.69) is 45.4 Å². The number of amides is 3. The van der Waals surface area contributed by atoms with Gasteiger partial charge in [0.25, 0.3) is 0 Å². The minimum atomic E-state index is -0.904. The highest BCUT2D eigenvalue weighted by Gasteiger charge is 2.40. The molecule has 5 heterocycles. The Hall–Kier alpha value is -4.10. The van der Waals surface area contributed by atoms with Gasteiger partial charge in [-0.2, -0.15) is 0 Å². The number of benzene rings is 2. The van der Waals surface area contributed by atoms with Crippen LogP contribution in [0.4, 0.5) is 5.82 Å². The first-order valence-electron chi connectivity index (χ1n) is 16.4. The first-order chi connectivity index (χ1) is 22.7. The van der Waals surface area contributed by atoms with E-state index in [9.17, 15) is 19.5 Å². The Morgan fingerprint density at radius 2 is 1.87 bits per heavy atom. The molecule has 0 aliphatic carbocycles. The van der Waals surface area contributed by atoms with Crippen LogP contribution in [0.5, 0.6) is 5.75 Å². The fourth-order valence-electron chi connectivity index (χ4n) is 7.47. The summed E-state index contributed by atoms with van der Waals surface area (Å²) < 4.78 is 12.1. The van der Waals surface area contributed by atoms with Gasteiger partial charge in [-0.25, -0.2) is 4.98 Å². The summed E-state index contributed by atoms with van der Waals surface area (Å²) in [5.41, 5.74) is 3.85. The molecule has 248 valence electrons. The van der Waals surface area contributed by atoms with Crippen LogP contribution in [-0.4, -0.2) is 108 Å². The van der Waals surface area contributed by atoms with Gasteiger partial charge in [0, 0.05) is 89.7 Å². The summed E-state index contributed by atoms with van der Waals surface area (Å²) in [7, 11) is 1.72. The number of methoxy groups -OCH3 is 1. The van der Waals surface area contributed by atoms with Crippen molar-refractivity contribution >= 4 is 34.4 Å². The number of imide groups is 1. The average Bonchev–Trinajstić information content (AvgIpc) is 3.59. The van der Waals surface area contributed by atoms with Crippen LogP contribution < -0.4 is 15.0 Å². The van der Waals surface area contributed by atoms with E-state index in [4.69, 9.17) is 14.5 Å². The fourth-order valence-corrected chi connectivity index (χ4v) is 7.47. The van der Waals surface area contributed by atoms with Crippen molar-refractivity contribution in [3.63, 3.8) is 0 Å². The monoisotopic (exact) mass is 642 g/mol.